The fourth-order valence-electron chi connectivity index (χ4n) is 1.69. The molecule has 4 nitrogen and oxygen atoms in total. The molecule has 0 atom stereocenters. The number of carbonyl (C=O) groups excluding carboxylic acids is 1. The van der Waals surface area contributed by atoms with Gasteiger partial charge in [-0.2, -0.15) is 0 Å². The first-order valence-electron chi connectivity index (χ1n) is 6.11. The van der Waals surface area contributed by atoms with Crippen molar-refractivity contribution in [2.24, 2.45) is 0 Å². The molecule has 0 saturated carbocycles. The summed E-state index contributed by atoms with van der Waals surface area (Å²) in [4.78, 5) is 20.6. The van der Waals surface area contributed by atoms with E-state index in [1.54, 1.807) is 0 Å². The molecule has 0 aliphatic carbocycles. The van der Waals surface area contributed by atoms with E-state index in [9.17, 15) is 9.18 Å². The molecule has 0 unspecified atom stereocenters. The molecule has 1 heterocycles. The predicted octanol–water partition coefficient (Wildman–Crippen LogP) is 3.15. The van der Waals surface area contributed by atoms with Crippen LogP contribution in [0.3, 0.4) is 0 Å². The minimum atomic E-state index is -0.343. The zero-order valence-corrected chi connectivity index (χ0v) is 12.0. The first kappa shape index (κ1) is 14.5. The molecule has 0 saturated heterocycles. The number of amides is 1. The van der Waals surface area contributed by atoms with E-state index in [0.717, 1.165) is 0 Å². The summed E-state index contributed by atoms with van der Waals surface area (Å²) in [5, 5.41) is 3.34. The van der Waals surface area contributed by atoms with Gasteiger partial charge < -0.3 is 5.32 Å². The number of aryl methyl sites for hydroxylation is 1. The average molecular weight is 291 g/mol. The highest BCUT2D eigenvalue weighted by atomic mass is 32.2. The zero-order chi connectivity index (χ0) is 14.5. The van der Waals surface area contributed by atoms with Crippen molar-refractivity contribution in [2.75, 3.05) is 11.6 Å². The second kappa shape index (κ2) is 6.47. The first-order chi connectivity index (χ1) is 9.63. The van der Waals surface area contributed by atoms with Gasteiger partial charge in [-0.15, -0.1) is 0 Å². The number of halogens is 1. The van der Waals surface area contributed by atoms with E-state index < -0.39 is 0 Å². The molecule has 6 heteroatoms. The monoisotopic (exact) mass is 291 g/mol. The second-order valence-corrected chi connectivity index (χ2v) is 4.81. The van der Waals surface area contributed by atoms with Crippen molar-refractivity contribution in [3.8, 4) is 0 Å². The van der Waals surface area contributed by atoms with Crippen molar-refractivity contribution in [2.45, 2.75) is 18.5 Å². The molecule has 2 rings (SSSR count). The number of rotatable bonds is 4. The Hall–Kier alpha value is -1.95. The number of hydrogen-bond acceptors (Lipinski definition) is 4. The smallest absolute Gasteiger partial charge is 0.259 e. The van der Waals surface area contributed by atoms with Crippen LogP contribution in [0.1, 0.15) is 23.0 Å². The number of benzene rings is 1. The number of aromatic nitrogens is 2. The summed E-state index contributed by atoms with van der Waals surface area (Å²) in [5.74, 6) is -0.633. The van der Waals surface area contributed by atoms with Crippen LogP contribution in [0, 0.1) is 5.82 Å². The van der Waals surface area contributed by atoms with E-state index in [2.05, 4.69) is 15.3 Å². The van der Waals surface area contributed by atoms with Crippen LogP contribution in [0.15, 0.2) is 35.6 Å². The van der Waals surface area contributed by atoms with Crippen molar-refractivity contribution in [3.63, 3.8) is 0 Å². The van der Waals surface area contributed by atoms with Crippen molar-refractivity contribution in [3.05, 3.63) is 47.5 Å². The van der Waals surface area contributed by atoms with Crippen LogP contribution in [0.25, 0.3) is 0 Å². The lowest BCUT2D eigenvalue weighted by atomic mass is 10.1. The number of nitrogens with zero attached hydrogens (tertiary/aromatic N) is 2. The lowest BCUT2D eigenvalue weighted by Crippen LogP contribution is -2.16. The summed E-state index contributed by atoms with van der Waals surface area (Å²) < 4.78 is 12.8. The molecule has 0 radical (unpaired) electrons. The first-order valence-corrected chi connectivity index (χ1v) is 7.33. The largest absolute Gasteiger partial charge is 0.322 e. The molecule has 2 aromatic rings. The Morgan fingerprint density at radius 1 is 1.35 bits per heavy atom. The van der Waals surface area contributed by atoms with Crippen LogP contribution < -0.4 is 5.32 Å². The van der Waals surface area contributed by atoms with Crippen LogP contribution in [0.5, 0.6) is 0 Å². The summed E-state index contributed by atoms with van der Waals surface area (Å²) in [7, 11) is 0. The minimum absolute atomic E-state index is 0.291. The van der Waals surface area contributed by atoms with E-state index >= 15 is 0 Å². The van der Waals surface area contributed by atoms with Gasteiger partial charge in [-0.05, 0) is 36.9 Å². The highest BCUT2D eigenvalue weighted by Crippen LogP contribution is 2.15. The fraction of sp³-hybridized carbons (Fsp3) is 0.214. The summed E-state index contributed by atoms with van der Waals surface area (Å²) in [6.07, 6.45) is 4.05. The topological polar surface area (TPSA) is 54.9 Å². The highest BCUT2D eigenvalue weighted by molar-refractivity contribution is 7.98. The van der Waals surface area contributed by atoms with Crippen molar-refractivity contribution in [1.29, 1.82) is 0 Å². The fourth-order valence-corrected chi connectivity index (χ4v) is 2.05. The zero-order valence-electron chi connectivity index (χ0n) is 11.2. The molecule has 1 amide bonds. The van der Waals surface area contributed by atoms with E-state index in [4.69, 9.17) is 0 Å². The molecular formula is C14H14FN3OS. The lowest BCUT2D eigenvalue weighted by molar-refractivity contribution is 0.102. The lowest BCUT2D eigenvalue weighted by Gasteiger charge is -2.09. The third-order valence-electron chi connectivity index (χ3n) is 2.71. The van der Waals surface area contributed by atoms with Crippen LogP contribution in [-0.2, 0) is 6.42 Å². The second-order valence-electron chi connectivity index (χ2n) is 4.03. The Morgan fingerprint density at radius 2 is 2.05 bits per heavy atom. The third-order valence-corrected chi connectivity index (χ3v) is 3.27. The molecule has 0 spiro atoms. The van der Waals surface area contributed by atoms with E-state index in [-0.39, 0.29) is 11.7 Å². The molecule has 0 aliphatic heterocycles. The maximum Gasteiger partial charge on any atom is 0.259 e. The molecular weight excluding hydrogens is 277 g/mol. The van der Waals surface area contributed by atoms with Gasteiger partial charge in [0.05, 0.1) is 11.3 Å². The maximum absolute atomic E-state index is 12.8. The van der Waals surface area contributed by atoms with Crippen LogP contribution in [0.2, 0.25) is 0 Å². The number of nitrogens with one attached hydrogen (secondary N) is 1. The molecule has 0 fully saturated rings. The quantitative estimate of drug-likeness (QED) is 0.694. The number of thioether (sulfide) groups is 1. The predicted molar refractivity (Wildman–Crippen MR) is 77.5 cm³/mol. The normalized spacial score (nSPS) is 10.3. The van der Waals surface area contributed by atoms with Gasteiger partial charge in [-0.25, -0.2) is 14.4 Å². The van der Waals surface area contributed by atoms with Gasteiger partial charge in [0, 0.05) is 11.9 Å². The molecule has 1 N–H and O–H groups in total. The molecule has 0 aliphatic rings. The third kappa shape index (κ3) is 3.33. The van der Waals surface area contributed by atoms with E-state index in [1.807, 2.05) is 13.2 Å². The van der Waals surface area contributed by atoms with Gasteiger partial charge >= 0.3 is 0 Å². The van der Waals surface area contributed by atoms with Gasteiger partial charge in [-0.3, -0.25) is 4.79 Å². The number of anilines is 1. The molecule has 20 heavy (non-hydrogen) atoms. The van der Waals surface area contributed by atoms with Gasteiger partial charge in [-0.1, -0.05) is 18.7 Å². The van der Waals surface area contributed by atoms with Crippen LogP contribution in [0.4, 0.5) is 10.1 Å². The Bertz CT molecular complexity index is 616. The van der Waals surface area contributed by atoms with Crippen molar-refractivity contribution in [1.82, 2.24) is 9.97 Å². The minimum Gasteiger partial charge on any atom is -0.322 e. The summed E-state index contributed by atoms with van der Waals surface area (Å²) in [5.41, 5.74) is 1.67. The molecule has 1 aromatic carbocycles. The standard InChI is InChI=1S/C14H14FN3OS/c1-3-12-11(8-16-14(18-12)20-2)13(19)17-10-6-4-9(15)5-7-10/h4-8H,3H2,1-2H3,(H,17,19). The van der Waals surface area contributed by atoms with Crippen molar-refractivity contribution >= 4 is 23.4 Å². The van der Waals surface area contributed by atoms with Gasteiger partial charge in [0.1, 0.15) is 5.82 Å². The Balaban J connectivity index is 2.22. The SMILES string of the molecule is CCc1nc(SC)ncc1C(=O)Nc1ccc(F)cc1. The van der Waals surface area contributed by atoms with Crippen LogP contribution >= 0.6 is 11.8 Å². The van der Waals surface area contributed by atoms with E-state index in [0.29, 0.717) is 28.5 Å². The maximum atomic E-state index is 12.8. The molecule has 1 aromatic heterocycles. The van der Waals surface area contributed by atoms with Crippen LogP contribution in [-0.4, -0.2) is 22.1 Å². The Morgan fingerprint density at radius 3 is 2.65 bits per heavy atom. The molecule has 104 valence electrons. The van der Waals surface area contributed by atoms with Gasteiger partial charge in [0.25, 0.3) is 5.91 Å². The summed E-state index contributed by atoms with van der Waals surface area (Å²) in [6.45, 7) is 1.93. The average Bonchev–Trinajstić information content (AvgIpc) is 2.48. The number of hydrogen-bond donors (Lipinski definition) is 1. The summed E-state index contributed by atoms with van der Waals surface area (Å²) >= 11 is 1.43. The molecule has 0 bridgehead atoms. The summed E-state index contributed by atoms with van der Waals surface area (Å²) in [6, 6.07) is 5.61. The van der Waals surface area contributed by atoms with Gasteiger partial charge in [0.15, 0.2) is 5.16 Å². The van der Waals surface area contributed by atoms with Gasteiger partial charge in [0.2, 0.25) is 0 Å². The number of carbonyl (C=O) groups is 1. The van der Waals surface area contributed by atoms with Crippen molar-refractivity contribution < 1.29 is 9.18 Å². The Kier molecular flexibility index (Phi) is 4.68. The Labute approximate surface area is 120 Å². The van der Waals surface area contributed by atoms with E-state index in [1.165, 1.54) is 42.2 Å². The highest BCUT2D eigenvalue weighted by Gasteiger charge is 2.13.